The summed E-state index contributed by atoms with van der Waals surface area (Å²) in [5.74, 6) is -1.30. The van der Waals surface area contributed by atoms with Crippen LogP contribution in [0.1, 0.15) is 15.9 Å². The Balaban J connectivity index is 2.13. The minimum absolute atomic E-state index is 0.0182. The summed E-state index contributed by atoms with van der Waals surface area (Å²) in [4.78, 5) is 31.8. The van der Waals surface area contributed by atoms with Crippen molar-refractivity contribution >= 4 is 23.5 Å². The summed E-state index contributed by atoms with van der Waals surface area (Å²) in [5, 5.41) is 34.7. The van der Waals surface area contributed by atoms with E-state index in [4.69, 9.17) is 0 Å². The van der Waals surface area contributed by atoms with Crippen molar-refractivity contribution < 1.29 is 19.7 Å². The van der Waals surface area contributed by atoms with Crippen molar-refractivity contribution in [3.63, 3.8) is 0 Å². The predicted octanol–water partition coefficient (Wildman–Crippen LogP) is 1.97. The van der Waals surface area contributed by atoms with Gasteiger partial charge < -0.3 is 5.11 Å². The molecule has 0 bridgehead atoms. The van der Waals surface area contributed by atoms with Crippen molar-refractivity contribution in [2.45, 2.75) is 0 Å². The van der Waals surface area contributed by atoms with Crippen LogP contribution < -0.4 is 5.43 Å². The number of nitro groups is 2. The van der Waals surface area contributed by atoms with Crippen LogP contribution in [0.3, 0.4) is 0 Å². The molecule has 24 heavy (non-hydrogen) atoms. The minimum atomic E-state index is -0.756. The molecular weight excluding hydrogens is 320 g/mol. The summed E-state index contributed by atoms with van der Waals surface area (Å²) in [6, 6.07) is 8.87. The van der Waals surface area contributed by atoms with Gasteiger partial charge in [0.1, 0.15) is 0 Å². The lowest BCUT2D eigenvalue weighted by molar-refractivity contribution is -0.385. The van der Waals surface area contributed by atoms with Crippen LogP contribution in [0, 0.1) is 20.2 Å². The molecule has 2 N–H and O–H groups in total. The number of carbonyl (C=O) groups excluding carboxylic acids is 1. The van der Waals surface area contributed by atoms with Gasteiger partial charge in [-0.2, -0.15) is 5.10 Å². The number of para-hydroxylation sites is 1. The summed E-state index contributed by atoms with van der Waals surface area (Å²) in [7, 11) is 0. The molecule has 2 aromatic rings. The van der Waals surface area contributed by atoms with Crippen molar-refractivity contribution in [2.24, 2.45) is 5.10 Å². The molecule has 0 aliphatic heterocycles. The van der Waals surface area contributed by atoms with E-state index < -0.39 is 27.2 Å². The zero-order valence-electron chi connectivity index (χ0n) is 11.9. The number of nitrogens with zero attached hydrogens (tertiary/aromatic N) is 3. The third-order valence-corrected chi connectivity index (χ3v) is 2.93. The highest BCUT2D eigenvalue weighted by molar-refractivity contribution is 5.95. The van der Waals surface area contributed by atoms with Crippen LogP contribution in [0.25, 0.3) is 0 Å². The fourth-order valence-electron chi connectivity index (χ4n) is 1.79. The molecule has 122 valence electrons. The third kappa shape index (κ3) is 3.68. The van der Waals surface area contributed by atoms with E-state index in [1.807, 2.05) is 0 Å². The first kappa shape index (κ1) is 16.5. The highest BCUT2D eigenvalue weighted by Gasteiger charge is 2.15. The molecule has 0 saturated heterocycles. The Morgan fingerprint density at radius 3 is 2.50 bits per heavy atom. The first-order chi connectivity index (χ1) is 11.4. The van der Waals surface area contributed by atoms with Crippen molar-refractivity contribution in [3.05, 3.63) is 73.8 Å². The largest absolute Gasteiger partial charge is 0.502 e. The number of aromatic hydroxyl groups is 1. The van der Waals surface area contributed by atoms with Crippen LogP contribution in [0.4, 0.5) is 11.4 Å². The van der Waals surface area contributed by atoms with Gasteiger partial charge in [-0.3, -0.25) is 25.0 Å². The number of phenolic OH excluding ortho intramolecular Hbond substituents is 1. The zero-order chi connectivity index (χ0) is 17.7. The number of amides is 1. The fourth-order valence-corrected chi connectivity index (χ4v) is 1.79. The van der Waals surface area contributed by atoms with E-state index in [1.165, 1.54) is 30.3 Å². The second-order valence-electron chi connectivity index (χ2n) is 4.48. The molecule has 0 radical (unpaired) electrons. The van der Waals surface area contributed by atoms with Gasteiger partial charge in [0, 0.05) is 29.3 Å². The molecule has 0 unspecified atom stereocenters. The van der Waals surface area contributed by atoms with Crippen LogP contribution in [0.5, 0.6) is 5.75 Å². The van der Waals surface area contributed by atoms with E-state index in [0.717, 1.165) is 18.3 Å². The normalized spacial score (nSPS) is 10.5. The Kier molecular flexibility index (Phi) is 4.80. The molecule has 0 aromatic heterocycles. The molecule has 0 aliphatic rings. The topological polar surface area (TPSA) is 148 Å². The molecule has 10 heteroatoms. The first-order valence-corrected chi connectivity index (χ1v) is 6.44. The van der Waals surface area contributed by atoms with Gasteiger partial charge in [0.25, 0.3) is 11.6 Å². The number of benzene rings is 2. The molecule has 0 fully saturated rings. The first-order valence-electron chi connectivity index (χ1n) is 6.44. The average Bonchev–Trinajstić information content (AvgIpc) is 2.56. The molecule has 1 amide bonds. The van der Waals surface area contributed by atoms with E-state index >= 15 is 0 Å². The van der Waals surface area contributed by atoms with Gasteiger partial charge in [-0.05, 0) is 12.1 Å². The molecular formula is C14H10N4O6. The van der Waals surface area contributed by atoms with Crippen LogP contribution in [-0.4, -0.2) is 27.1 Å². The standard InChI is InChI=1S/C14H10N4O6/c19-13-10(4-2-6-12(13)18(23)24)8-15-16-14(20)9-3-1-5-11(7-9)17(21)22/h1-8,19H,(H,16,20)/b15-8-. The number of non-ortho nitro benzene ring substituents is 1. The van der Waals surface area contributed by atoms with Gasteiger partial charge in [-0.25, -0.2) is 5.43 Å². The van der Waals surface area contributed by atoms with E-state index in [1.54, 1.807) is 0 Å². The van der Waals surface area contributed by atoms with E-state index in [2.05, 4.69) is 10.5 Å². The van der Waals surface area contributed by atoms with E-state index in [0.29, 0.717) is 0 Å². The molecule has 10 nitrogen and oxygen atoms in total. The summed E-state index contributed by atoms with van der Waals surface area (Å²) in [5.41, 5.74) is 1.42. The van der Waals surface area contributed by atoms with Crippen LogP contribution in [0.15, 0.2) is 47.6 Å². The smallest absolute Gasteiger partial charge is 0.311 e. The zero-order valence-corrected chi connectivity index (χ0v) is 11.9. The summed E-state index contributed by atoms with van der Waals surface area (Å²) < 4.78 is 0. The van der Waals surface area contributed by atoms with Gasteiger partial charge in [0.2, 0.25) is 5.75 Å². The molecule has 2 aromatic carbocycles. The van der Waals surface area contributed by atoms with Crippen molar-refractivity contribution in [3.8, 4) is 5.75 Å². The van der Waals surface area contributed by atoms with Gasteiger partial charge in [-0.15, -0.1) is 0 Å². The van der Waals surface area contributed by atoms with Crippen LogP contribution in [-0.2, 0) is 0 Å². The Labute approximate surface area is 134 Å². The highest BCUT2D eigenvalue weighted by Crippen LogP contribution is 2.27. The Hall–Kier alpha value is -3.82. The number of nitrogens with one attached hydrogen (secondary N) is 1. The lowest BCUT2D eigenvalue weighted by Crippen LogP contribution is -2.17. The summed E-state index contributed by atoms with van der Waals surface area (Å²) >= 11 is 0. The highest BCUT2D eigenvalue weighted by atomic mass is 16.6. The molecule has 0 heterocycles. The Morgan fingerprint density at radius 2 is 1.83 bits per heavy atom. The summed E-state index contributed by atoms with van der Waals surface area (Å²) in [6.45, 7) is 0. The number of carbonyl (C=O) groups is 1. The van der Waals surface area contributed by atoms with Crippen molar-refractivity contribution in [1.82, 2.24) is 5.43 Å². The van der Waals surface area contributed by atoms with Gasteiger partial charge in [-0.1, -0.05) is 12.1 Å². The number of hydrogen-bond acceptors (Lipinski definition) is 7. The number of phenols is 1. The van der Waals surface area contributed by atoms with Crippen LogP contribution in [0.2, 0.25) is 0 Å². The molecule has 0 atom stereocenters. The Bertz CT molecular complexity index is 849. The number of rotatable bonds is 5. The maximum atomic E-state index is 11.9. The predicted molar refractivity (Wildman–Crippen MR) is 82.9 cm³/mol. The van der Waals surface area contributed by atoms with E-state index in [9.17, 15) is 30.1 Å². The second kappa shape index (κ2) is 6.96. The van der Waals surface area contributed by atoms with Crippen LogP contribution >= 0.6 is 0 Å². The molecule has 0 aliphatic carbocycles. The number of hydrogen-bond donors (Lipinski definition) is 2. The van der Waals surface area contributed by atoms with Crippen molar-refractivity contribution in [1.29, 1.82) is 0 Å². The fraction of sp³-hybridized carbons (Fsp3) is 0. The minimum Gasteiger partial charge on any atom is -0.502 e. The van der Waals surface area contributed by atoms with E-state index in [-0.39, 0.29) is 16.8 Å². The van der Waals surface area contributed by atoms with Gasteiger partial charge in [0.05, 0.1) is 16.1 Å². The monoisotopic (exact) mass is 330 g/mol. The second-order valence-corrected chi connectivity index (χ2v) is 4.48. The SMILES string of the molecule is O=C(N/N=C\c1cccc([N+](=O)[O-])c1O)c1cccc([N+](=O)[O-])c1. The lowest BCUT2D eigenvalue weighted by Gasteiger charge is -2.01. The third-order valence-electron chi connectivity index (χ3n) is 2.93. The van der Waals surface area contributed by atoms with Gasteiger partial charge in [0.15, 0.2) is 0 Å². The van der Waals surface area contributed by atoms with Crippen molar-refractivity contribution in [2.75, 3.05) is 0 Å². The molecule has 0 spiro atoms. The molecule has 0 saturated carbocycles. The van der Waals surface area contributed by atoms with Gasteiger partial charge >= 0.3 is 5.69 Å². The number of hydrazone groups is 1. The quantitative estimate of drug-likeness (QED) is 0.486. The maximum absolute atomic E-state index is 11.9. The molecule has 2 rings (SSSR count). The average molecular weight is 330 g/mol. The Morgan fingerprint density at radius 1 is 1.12 bits per heavy atom. The number of nitro benzene ring substituents is 2. The summed E-state index contributed by atoms with van der Waals surface area (Å²) in [6.07, 6.45) is 1.03. The lowest BCUT2D eigenvalue weighted by atomic mass is 10.2. The maximum Gasteiger partial charge on any atom is 0.311 e.